The van der Waals surface area contributed by atoms with Crippen molar-refractivity contribution in [1.82, 2.24) is 15.3 Å². The molecule has 7 heteroatoms. The number of hydrogen-bond donors (Lipinski definition) is 1. The summed E-state index contributed by atoms with van der Waals surface area (Å²) in [4.78, 5) is 23.4. The van der Waals surface area contributed by atoms with Gasteiger partial charge in [-0.1, -0.05) is 47.1 Å². The number of benzene rings is 2. The van der Waals surface area contributed by atoms with Crippen LogP contribution in [0.3, 0.4) is 0 Å². The second-order valence-electron chi connectivity index (χ2n) is 7.92. The molecule has 3 aromatic rings. The number of hydrogen-bond acceptors (Lipinski definition) is 5. The van der Waals surface area contributed by atoms with Gasteiger partial charge in [0.05, 0.1) is 0 Å². The fraction of sp³-hybridized carbons (Fsp3) is 0.320. The Morgan fingerprint density at radius 3 is 2.44 bits per heavy atom. The van der Waals surface area contributed by atoms with E-state index in [1.54, 1.807) is 0 Å². The first-order chi connectivity index (χ1) is 15.6. The Bertz CT molecular complexity index is 1030. The van der Waals surface area contributed by atoms with Crippen molar-refractivity contribution in [1.29, 1.82) is 0 Å². The Labute approximate surface area is 197 Å². The van der Waals surface area contributed by atoms with Gasteiger partial charge in [-0.05, 0) is 54.7 Å². The zero-order chi connectivity index (χ0) is 22.3. The number of ether oxygens (including phenoxy) is 1. The molecule has 0 bridgehead atoms. The summed E-state index contributed by atoms with van der Waals surface area (Å²) in [6.45, 7) is 4.23. The minimum absolute atomic E-state index is 0.0244. The van der Waals surface area contributed by atoms with Crippen LogP contribution in [0.5, 0.6) is 11.6 Å². The van der Waals surface area contributed by atoms with Gasteiger partial charge in [0.25, 0.3) is 0 Å². The van der Waals surface area contributed by atoms with Gasteiger partial charge in [-0.15, -0.1) is 0 Å². The second kappa shape index (κ2) is 10.6. The number of aryl methyl sites for hydroxylation is 1. The molecule has 2 aromatic carbocycles. The third-order valence-electron chi connectivity index (χ3n) is 5.75. The van der Waals surface area contributed by atoms with Gasteiger partial charge in [-0.2, -0.15) is 0 Å². The molecule has 1 amide bonds. The Morgan fingerprint density at radius 2 is 1.75 bits per heavy atom. The predicted octanol–water partition coefficient (Wildman–Crippen LogP) is 5.13. The number of rotatable bonds is 7. The zero-order valence-corrected chi connectivity index (χ0v) is 19.7. The fourth-order valence-corrected chi connectivity index (χ4v) is 4.04. The molecule has 0 spiro atoms. The Balaban J connectivity index is 1.29. The lowest BCUT2D eigenvalue weighted by Gasteiger charge is -2.32. The number of anilines is 1. The van der Waals surface area contributed by atoms with Crippen LogP contribution in [0.15, 0.2) is 65.4 Å². The molecule has 1 aliphatic rings. The van der Waals surface area contributed by atoms with Crippen LogP contribution in [0, 0.1) is 5.92 Å². The van der Waals surface area contributed by atoms with Crippen molar-refractivity contribution in [3.05, 3.63) is 76.5 Å². The normalized spacial score (nSPS) is 14.2. The molecule has 1 aromatic heterocycles. The number of carbonyl (C=O) groups is 1. The van der Waals surface area contributed by atoms with Gasteiger partial charge < -0.3 is 15.0 Å². The van der Waals surface area contributed by atoms with Crippen LogP contribution < -0.4 is 15.0 Å². The van der Waals surface area contributed by atoms with E-state index in [2.05, 4.69) is 55.2 Å². The molecule has 4 rings (SSSR count). The van der Waals surface area contributed by atoms with Crippen molar-refractivity contribution in [3.63, 3.8) is 0 Å². The maximum Gasteiger partial charge on any atom is 0.224 e. The molecule has 0 atom stereocenters. The van der Waals surface area contributed by atoms with Gasteiger partial charge in [0.2, 0.25) is 11.8 Å². The molecule has 32 heavy (non-hydrogen) atoms. The van der Waals surface area contributed by atoms with E-state index < -0.39 is 0 Å². The van der Waals surface area contributed by atoms with Gasteiger partial charge in [-0.3, -0.25) is 4.79 Å². The molecule has 1 saturated heterocycles. The first-order valence-corrected chi connectivity index (χ1v) is 11.8. The van der Waals surface area contributed by atoms with Gasteiger partial charge in [-0.25, -0.2) is 9.97 Å². The van der Waals surface area contributed by atoms with Crippen LogP contribution in [0.25, 0.3) is 0 Å². The standard InChI is InChI=1S/C25H27BrN4O2/c1-2-18-5-9-22(10-6-18)32-24-15-23(28-17-29-24)30-13-11-20(12-14-30)25(31)27-16-19-3-7-21(26)8-4-19/h3-10,15,17,20H,2,11-14,16H2,1H3,(H,27,31). The lowest BCUT2D eigenvalue weighted by atomic mass is 9.96. The van der Waals surface area contributed by atoms with Crippen LogP contribution in [-0.4, -0.2) is 29.0 Å². The van der Waals surface area contributed by atoms with Crippen LogP contribution in [0.1, 0.15) is 30.9 Å². The van der Waals surface area contributed by atoms with E-state index in [1.807, 2.05) is 42.5 Å². The molecule has 1 aliphatic heterocycles. The van der Waals surface area contributed by atoms with Crippen LogP contribution in [0.4, 0.5) is 5.82 Å². The predicted molar refractivity (Wildman–Crippen MR) is 129 cm³/mol. The van der Waals surface area contributed by atoms with Crippen molar-refractivity contribution in [2.75, 3.05) is 18.0 Å². The molecular formula is C25H27BrN4O2. The smallest absolute Gasteiger partial charge is 0.224 e. The highest BCUT2D eigenvalue weighted by Crippen LogP contribution is 2.26. The molecule has 0 saturated carbocycles. The lowest BCUT2D eigenvalue weighted by molar-refractivity contribution is -0.125. The minimum atomic E-state index is 0.0244. The first kappa shape index (κ1) is 22.3. The number of aromatic nitrogens is 2. The number of piperidine rings is 1. The molecule has 1 fully saturated rings. The van der Waals surface area contributed by atoms with Crippen molar-refractivity contribution < 1.29 is 9.53 Å². The highest BCUT2D eigenvalue weighted by atomic mass is 79.9. The van der Waals surface area contributed by atoms with Gasteiger partial charge in [0.15, 0.2) is 0 Å². The summed E-state index contributed by atoms with van der Waals surface area (Å²) in [5, 5.41) is 3.07. The molecular weight excluding hydrogens is 468 g/mol. The quantitative estimate of drug-likeness (QED) is 0.493. The van der Waals surface area contributed by atoms with E-state index in [0.717, 1.165) is 54.0 Å². The van der Waals surface area contributed by atoms with Crippen LogP contribution in [0.2, 0.25) is 0 Å². The minimum Gasteiger partial charge on any atom is -0.439 e. The molecule has 0 unspecified atom stereocenters. The van der Waals surface area contributed by atoms with Crippen LogP contribution in [-0.2, 0) is 17.8 Å². The molecule has 0 aliphatic carbocycles. The van der Waals surface area contributed by atoms with Crippen molar-refractivity contribution >= 4 is 27.7 Å². The van der Waals surface area contributed by atoms with Crippen LogP contribution >= 0.6 is 15.9 Å². The Hall–Kier alpha value is -2.93. The van der Waals surface area contributed by atoms with Crippen molar-refractivity contribution in [3.8, 4) is 11.6 Å². The SMILES string of the molecule is CCc1ccc(Oc2cc(N3CCC(C(=O)NCc4ccc(Br)cc4)CC3)ncn2)cc1. The largest absolute Gasteiger partial charge is 0.439 e. The number of nitrogens with one attached hydrogen (secondary N) is 1. The third kappa shape index (κ3) is 5.85. The van der Waals surface area contributed by atoms with Gasteiger partial charge in [0.1, 0.15) is 17.9 Å². The maximum absolute atomic E-state index is 12.6. The van der Waals surface area contributed by atoms with E-state index in [0.29, 0.717) is 12.4 Å². The monoisotopic (exact) mass is 494 g/mol. The number of nitrogens with zero attached hydrogens (tertiary/aromatic N) is 3. The zero-order valence-electron chi connectivity index (χ0n) is 18.1. The summed E-state index contributed by atoms with van der Waals surface area (Å²) >= 11 is 3.43. The fourth-order valence-electron chi connectivity index (χ4n) is 3.78. The highest BCUT2D eigenvalue weighted by molar-refractivity contribution is 9.10. The molecule has 1 N–H and O–H groups in total. The van der Waals surface area contributed by atoms with E-state index in [-0.39, 0.29) is 11.8 Å². The topological polar surface area (TPSA) is 67.3 Å². The van der Waals surface area contributed by atoms with Gasteiger partial charge in [0, 0.05) is 36.1 Å². The van der Waals surface area contributed by atoms with E-state index in [4.69, 9.17) is 4.74 Å². The van der Waals surface area contributed by atoms with E-state index in [1.165, 1.54) is 11.9 Å². The summed E-state index contributed by atoms with van der Waals surface area (Å²) < 4.78 is 6.94. The number of halogens is 1. The molecule has 0 radical (unpaired) electrons. The maximum atomic E-state index is 12.6. The highest BCUT2D eigenvalue weighted by Gasteiger charge is 2.25. The summed E-state index contributed by atoms with van der Waals surface area (Å²) in [5.74, 6) is 2.25. The lowest BCUT2D eigenvalue weighted by Crippen LogP contribution is -2.40. The average Bonchev–Trinajstić information content (AvgIpc) is 2.84. The number of amides is 1. The summed E-state index contributed by atoms with van der Waals surface area (Å²) in [6.07, 6.45) is 4.12. The molecule has 2 heterocycles. The van der Waals surface area contributed by atoms with E-state index >= 15 is 0 Å². The average molecular weight is 495 g/mol. The van der Waals surface area contributed by atoms with E-state index in [9.17, 15) is 4.79 Å². The second-order valence-corrected chi connectivity index (χ2v) is 8.84. The van der Waals surface area contributed by atoms with Crippen molar-refractivity contribution in [2.45, 2.75) is 32.7 Å². The third-order valence-corrected chi connectivity index (χ3v) is 6.28. The summed E-state index contributed by atoms with van der Waals surface area (Å²) in [6, 6.07) is 17.9. The number of carbonyl (C=O) groups excluding carboxylic acids is 1. The molecule has 166 valence electrons. The first-order valence-electron chi connectivity index (χ1n) is 11.0. The summed E-state index contributed by atoms with van der Waals surface area (Å²) in [7, 11) is 0. The Kier molecular flexibility index (Phi) is 7.37. The molecule has 6 nitrogen and oxygen atoms in total. The Morgan fingerprint density at radius 1 is 1.06 bits per heavy atom. The van der Waals surface area contributed by atoms with Gasteiger partial charge >= 0.3 is 0 Å². The van der Waals surface area contributed by atoms with Crippen molar-refractivity contribution in [2.24, 2.45) is 5.92 Å². The summed E-state index contributed by atoms with van der Waals surface area (Å²) in [5.41, 5.74) is 2.36.